The van der Waals surface area contributed by atoms with Crippen LogP contribution in [-0.2, 0) is 0 Å². The second-order valence-corrected chi connectivity index (χ2v) is 2.13. The van der Waals surface area contributed by atoms with Crippen molar-refractivity contribution in [1.29, 1.82) is 0 Å². The Morgan fingerprint density at radius 2 is 1.62 bits per heavy atom. The number of benzene rings is 1. The minimum atomic E-state index is -1.37. The van der Waals surface area contributed by atoms with Crippen LogP contribution in [-0.4, -0.2) is 52.6 Å². The fraction of sp³-hybridized carbons (Fsp3) is 0. The Kier molecular flexibility index (Phi) is 3.94. The number of rotatable bonds is 1. The van der Waals surface area contributed by atoms with Crippen LogP contribution in [0.1, 0.15) is 10.4 Å². The van der Waals surface area contributed by atoms with Gasteiger partial charge in [0.1, 0.15) is 5.56 Å². The van der Waals surface area contributed by atoms with E-state index in [4.69, 9.17) is 20.4 Å². The van der Waals surface area contributed by atoms with Gasteiger partial charge in [-0.25, -0.2) is 4.79 Å². The molecule has 5 nitrogen and oxygen atoms in total. The molecule has 4 N–H and O–H groups in total. The standard InChI is InChI=1S/C7H6O5.Bi.3H/c8-4-2-1-3(7(11)12)5(9)6(4)10;;;;/h1-2,8-10H,(H,11,12);;;;. The van der Waals surface area contributed by atoms with Gasteiger partial charge in [0.15, 0.2) is 11.5 Å². The summed E-state index contributed by atoms with van der Waals surface area (Å²) in [6, 6.07) is 1.98. The number of phenolic OH excluding ortho intramolecular Hbond substituents is 2. The van der Waals surface area contributed by atoms with Crippen LogP contribution in [0.2, 0.25) is 0 Å². The molecule has 1 aromatic rings. The molecule has 0 aliphatic rings. The Morgan fingerprint density at radius 3 is 2.08 bits per heavy atom. The Hall–Kier alpha value is -1.03. The molecule has 0 atom stereocenters. The van der Waals surface area contributed by atoms with Gasteiger partial charge in [0, 0.05) is 0 Å². The summed E-state index contributed by atoms with van der Waals surface area (Å²) in [5.74, 6) is -3.59. The fourth-order valence-electron chi connectivity index (χ4n) is 0.742. The van der Waals surface area contributed by atoms with Crippen LogP contribution >= 0.6 is 0 Å². The van der Waals surface area contributed by atoms with Gasteiger partial charge >= 0.3 is 32.2 Å². The second-order valence-electron chi connectivity index (χ2n) is 2.13. The molecular formula is C7H9BiO5. The Bertz CT molecular complexity index is 336. The molecular weight excluding hydrogens is 373 g/mol. The summed E-state index contributed by atoms with van der Waals surface area (Å²) in [5.41, 5.74) is -0.453. The third-order valence-electron chi connectivity index (χ3n) is 1.36. The summed E-state index contributed by atoms with van der Waals surface area (Å²) < 4.78 is 0. The Labute approximate surface area is 92.4 Å². The Morgan fingerprint density at radius 1 is 1.08 bits per heavy atom. The van der Waals surface area contributed by atoms with Crippen LogP contribution in [0.15, 0.2) is 12.1 Å². The van der Waals surface area contributed by atoms with Crippen LogP contribution < -0.4 is 0 Å². The van der Waals surface area contributed by atoms with E-state index in [9.17, 15) is 4.79 Å². The summed E-state index contributed by atoms with van der Waals surface area (Å²) >= 11 is 0. The molecule has 0 saturated heterocycles. The molecule has 0 aliphatic carbocycles. The molecule has 0 fully saturated rings. The van der Waals surface area contributed by atoms with E-state index >= 15 is 0 Å². The maximum atomic E-state index is 10.3. The molecule has 13 heavy (non-hydrogen) atoms. The maximum absolute atomic E-state index is 10.3. The summed E-state index contributed by atoms with van der Waals surface area (Å²) in [4.78, 5) is 10.3. The predicted molar refractivity (Wildman–Crippen MR) is 48.3 cm³/mol. The summed E-state index contributed by atoms with van der Waals surface area (Å²) in [5, 5.41) is 35.1. The average molecular weight is 382 g/mol. The van der Waals surface area contributed by atoms with Gasteiger partial charge in [-0.3, -0.25) is 0 Å². The number of phenols is 3. The molecule has 0 aliphatic heterocycles. The van der Waals surface area contributed by atoms with Gasteiger partial charge in [-0.2, -0.15) is 0 Å². The van der Waals surface area contributed by atoms with Crippen molar-refractivity contribution >= 4 is 32.2 Å². The van der Waals surface area contributed by atoms with Crippen molar-refractivity contribution < 1.29 is 25.2 Å². The molecule has 0 radical (unpaired) electrons. The molecule has 1 rings (SSSR count). The van der Waals surface area contributed by atoms with Crippen LogP contribution in [0.5, 0.6) is 17.2 Å². The third kappa shape index (κ3) is 2.21. The van der Waals surface area contributed by atoms with Crippen molar-refractivity contribution in [2.75, 3.05) is 0 Å². The molecule has 0 amide bonds. The number of carboxylic acid groups (broad SMARTS) is 1. The van der Waals surface area contributed by atoms with E-state index in [0.717, 1.165) is 12.1 Å². The van der Waals surface area contributed by atoms with E-state index in [1.165, 1.54) is 0 Å². The van der Waals surface area contributed by atoms with Crippen LogP contribution in [0.25, 0.3) is 0 Å². The van der Waals surface area contributed by atoms with Gasteiger partial charge < -0.3 is 20.4 Å². The number of carbonyl (C=O) groups is 1. The number of aromatic hydroxyl groups is 3. The average Bonchev–Trinajstić information content (AvgIpc) is 2.00. The first-order valence-corrected chi connectivity index (χ1v) is 3.01. The third-order valence-corrected chi connectivity index (χ3v) is 1.36. The number of aromatic carboxylic acids is 1. The van der Waals surface area contributed by atoms with Crippen molar-refractivity contribution in [3.05, 3.63) is 17.7 Å². The van der Waals surface area contributed by atoms with Crippen molar-refractivity contribution in [1.82, 2.24) is 0 Å². The molecule has 6 heteroatoms. The van der Waals surface area contributed by atoms with Crippen LogP contribution in [0, 0.1) is 0 Å². The summed E-state index contributed by atoms with van der Waals surface area (Å²) in [6.07, 6.45) is 0. The molecule has 0 unspecified atom stereocenters. The summed E-state index contributed by atoms with van der Waals surface area (Å²) in [6.45, 7) is 0. The number of carboxylic acids is 1. The van der Waals surface area contributed by atoms with Crippen LogP contribution in [0.3, 0.4) is 0 Å². The predicted octanol–water partition coefficient (Wildman–Crippen LogP) is -0.682. The molecule has 0 spiro atoms. The SMILES string of the molecule is O=C(O)c1ccc(O)c(O)c1O.[BiH3]. The monoisotopic (exact) mass is 382 g/mol. The normalized spacial score (nSPS) is 8.92. The molecule has 0 bridgehead atoms. The zero-order valence-electron chi connectivity index (χ0n) is 6.56. The van der Waals surface area contributed by atoms with Gasteiger partial charge in [-0.1, -0.05) is 0 Å². The topological polar surface area (TPSA) is 98.0 Å². The van der Waals surface area contributed by atoms with Crippen molar-refractivity contribution in [2.24, 2.45) is 0 Å². The van der Waals surface area contributed by atoms with Crippen LogP contribution in [0.4, 0.5) is 0 Å². The van der Waals surface area contributed by atoms with Crippen molar-refractivity contribution in [3.8, 4) is 17.2 Å². The number of hydrogen-bond acceptors (Lipinski definition) is 4. The quantitative estimate of drug-likeness (QED) is 0.381. The van der Waals surface area contributed by atoms with E-state index in [0.29, 0.717) is 0 Å². The molecule has 1 aromatic carbocycles. The van der Waals surface area contributed by atoms with Gasteiger partial charge in [-0.15, -0.1) is 0 Å². The van der Waals surface area contributed by atoms with E-state index in [1.807, 2.05) is 0 Å². The first kappa shape index (κ1) is 12.0. The number of hydrogen-bond donors (Lipinski definition) is 4. The fourth-order valence-corrected chi connectivity index (χ4v) is 0.742. The van der Waals surface area contributed by atoms with E-state index in [-0.39, 0.29) is 26.2 Å². The minimum absolute atomic E-state index is 0. The Balaban J connectivity index is 0.00000144. The molecule has 0 aromatic heterocycles. The zero-order chi connectivity index (χ0) is 9.30. The second kappa shape index (κ2) is 4.28. The van der Waals surface area contributed by atoms with E-state index in [2.05, 4.69) is 0 Å². The molecule has 0 heterocycles. The van der Waals surface area contributed by atoms with Gasteiger partial charge in [0.25, 0.3) is 0 Å². The molecule has 72 valence electrons. The zero-order valence-corrected chi connectivity index (χ0v) is 12.1. The van der Waals surface area contributed by atoms with E-state index < -0.39 is 28.8 Å². The first-order valence-electron chi connectivity index (χ1n) is 3.01. The van der Waals surface area contributed by atoms with Gasteiger partial charge in [0.05, 0.1) is 0 Å². The van der Waals surface area contributed by atoms with Crippen molar-refractivity contribution in [2.45, 2.75) is 0 Å². The van der Waals surface area contributed by atoms with E-state index in [1.54, 1.807) is 0 Å². The summed E-state index contributed by atoms with van der Waals surface area (Å²) in [7, 11) is 0. The van der Waals surface area contributed by atoms with Gasteiger partial charge in [-0.05, 0) is 12.1 Å². The van der Waals surface area contributed by atoms with Crippen molar-refractivity contribution in [3.63, 3.8) is 0 Å². The first-order chi connectivity index (χ1) is 5.54. The molecule has 0 saturated carbocycles. The van der Waals surface area contributed by atoms with Gasteiger partial charge in [0.2, 0.25) is 5.75 Å².